The van der Waals surface area contributed by atoms with Crippen molar-refractivity contribution in [1.29, 1.82) is 5.26 Å². The average Bonchev–Trinajstić information content (AvgIpc) is 2.63. The van der Waals surface area contributed by atoms with Crippen LogP contribution in [0.4, 0.5) is 5.69 Å². The van der Waals surface area contributed by atoms with Crippen LogP contribution in [0.3, 0.4) is 0 Å². The van der Waals surface area contributed by atoms with E-state index in [1.165, 1.54) is 0 Å². The second-order valence-corrected chi connectivity index (χ2v) is 5.95. The van der Waals surface area contributed by atoms with E-state index < -0.39 is 0 Å². The predicted octanol–water partition coefficient (Wildman–Crippen LogP) is 4.14. The maximum atomic E-state index is 12.2. The van der Waals surface area contributed by atoms with Gasteiger partial charge in [0.25, 0.3) is 5.91 Å². The molecule has 1 N–H and O–H groups in total. The number of anilines is 1. The Kier molecular flexibility index (Phi) is 7.30. The number of nitrogens with one attached hydrogen (secondary N) is 1. The smallest absolute Gasteiger partial charge is 0.262 e. The van der Waals surface area contributed by atoms with Gasteiger partial charge in [-0.05, 0) is 48.0 Å². The summed E-state index contributed by atoms with van der Waals surface area (Å²) in [5.41, 5.74) is 1.01. The molecule has 0 bridgehead atoms. The molecule has 0 saturated carbocycles. The summed E-state index contributed by atoms with van der Waals surface area (Å²) >= 11 is 3.35. The third-order valence-corrected chi connectivity index (χ3v) is 3.84. The summed E-state index contributed by atoms with van der Waals surface area (Å²) in [5, 5.41) is 11.8. The second kappa shape index (κ2) is 9.68. The molecular formula is C19H19BrN2O4. The van der Waals surface area contributed by atoms with Gasteiger partial charge in [-0.2, -0.15) is 5.26 Å². The van der Waals surface area contributed by atoms with Gasteiger partial charge in [0.1, 0.15) is 5.75 Å². The largest absolute Gasteiger partial charge is 0.492 e. The van der Waals surface area contributed by atoms with Crippen molar-refractivity contribution >= 4 is 27.5 Å². The fraction of sp³-hybridized carbons (Fsp3) is 0.263. The number of hydrogen-bond donors (Lipinski definition) is 1. The van der Waals surface area contributed by atoms with Gasteiger partial charge in [0, 0.05) is 6.07 Å². The number of ether oxygens (including phenoxy) is 3. The van der Waals surface area contributed by atoms with Gasteiger partial charge in [-0.15, -0.1) is 0 Å². The molecule has 0 unspecified atom stereocenters. The van der Waals surface area contributed by atoms with Gasteiger partial charge in [-0.1, -0.05) is 12.1 Å². The minimum Gasteiger partial charge on any atom is -0.492 e. The Morgan fingerprint density at radius 1 is 1.12 bits per heavy atom. The number of carbonyl (C=O) groups excluding carboxylic acids is 1. The van der Waals surface area contributed by atoms with Gasteiger partial charge in [0.2, 0.25) is 0 Å². The van der Waals surface area contributed by atoms with Crippen LogP contribution < -0.4 is 19.5 Å². The van der Waals surface area contributed by atoms with Crippen molar-refractivity contribution in [3.05, 3.63) is 46.4 Å². The number of para-hydroxylation sites is 2. The molecule has 2 rings (SSSR count). The fourth-order valence-corrected chi connectivity index (χ4v) is 2.77. The van der Waals surface area contributed by atoms with Crippen LogP contribution in [0.25, 0.3) is 0 Å². The molecule has 0 aliphatic heterocycles. The molecule has 2 aromatic carbocycles. The fourth-order valence-electron chi connectivity index (χ4n) is 2.21. The second-order valence-electron chi connectivity index (χ2n) is 5.10. The highest BCUT2D eigenvalue weighted by molar-refractivity contribution is 9.10. The van der Waals surface area contributed by atoms with Crippen LogP contribution in [0.5, 0.6) is 17.2 Å². The summed E-state index contributed by atoms with van der Waals surface area (Å²) in [4.78, 5) is 12.2. The Morgan fingerprint density at radius 3 is 2.50 bits per heavy atom. The lowest BCUT2D eigenvalue weighted by atomic mass is 10.2. The van der Waals surface area contributed by atoms with E-state index in [9.17, 15) is 4.79 Å². The van der Waals surface area contributed by atoms with E-state index >= 15 is 0 Å². The lowest BCUT2D eigenvalue weighted by Crippen LogP contribution is -2.21. The van der Waals surface area contributed by atoms with Crippen molar-refractivity contribution < 1.29 is 19.0 Å². The van der Waals surface area contributed by atoms with E-state index in [2.05, 4.69) is 27.3 Å². The lowest BCUT2D eigenvalue weighted by molar-refractivity contribution is -0.118. The minimum absolute atomic E-state index is 0.217. The first-order valence-corrected chi connectivity index (χ1v) is 8.89. The van der Waals surface area contributed by atoms with Gasteiger partial charge >= 0.3 is 0 Å². The van der Waals surface area contributed by atoms with Crippen LogP contribution in [0, 0.1) is 11.3 Å². The molecule has 2 aromatic rings. The highest BCUT2D eigenvalue weighted by atomic mass is 79.9. The molecule has 7 heteroatoms. The maximum Gasteiger partial charge on any atom is 0.262 e. The number of nitriles is 1. The molecule has 0 atom stereocenters. The van der Waals surface area contributed by atoms with Gasteiger partial charge in [-0.25, -0.2) is 0 Å². The highest BCUT2D eigenvalue weighted by Gasteiger charge is 2.15. The average molecular weight is 419 g/mol. The van der Waals surface area contributed by atoms with Crippen molar-refractivity contribution in [3.8, 4) is 23.3 Å². The molecule has 0 fully saturated rings. The monoisotopic (exact) mass is 418 g/mol. The molecule has 1 amide bonds. The number of rotatable bonds is 8. The molecule has 0 heterocycles. The Balaban J connectivity index is 2.09. The van der Waals surface area contributed by atoms with E-state index in [-0.39, 0.29) is 12.5 Å². The Hall–Kier alpha value is -2.72. The Morgan fingerprint density at radius 2 is 1.81 bits per heavy atom. The van der Waals surface area contributed by atoms with Gasteiger partial charge in [0.05, 0.1) is 35.0 Å². The number of benzene rings is 2. The van der Waals surface area contributed by atoms with Gasteiger partial charge in [0.15, 0.2) is 18.1 Å². The van der Waals surface area contributed by atoms with Crippen LogP contribution in [-0.4, -0.2) is 25.7 Å². The molecule has 26 heavy (non-hydrogen) atoms. The van der Waals surface area contributed by atoms with Crippen LogP contribution in [-0.2, 0) is 4.79 Å². The molecule has 0 radical (unpaired) electrons. The topological polar surface area (TPSA) is 80.6 Å². The zero-order valence-corrected chi connectivity index (χ0v) is 16.1. The molecule has 0 aliphatic rings. The van der Waals surface area contributed by atoms with E-state index in [1.54, 1.807) is 24.3 Å². The highest BCUT2D eigenvalue weighted by Crippen LogP contribution is 2.36. The van der Waals surface area contributed by atoms with Crippen LogP contribution >= 0.6 is 15.9 Å². The third-order valence-electron chi connectivity index (χ3n) is 3.25. The Bertz CT molecular complexity index is 818. The standard InChI is InChI=1S/C19H19BrN2O4/c1-3-24-16-8-6-5-7-15(16)22-18(23)12-26-19-14(20)9-13(11-21)10-17(19)25-4-2/h5-10H,3-4,12H2,1-2H3,(H,22,23). The number of halogens is 1. The van der Waals surface area contributed by atoms with Gasteiger partial charge < -0.3 is 19.5 Å². The van der Waals surface area contributed by atoms with Gasteiger partial charge in [-0.3, -0.25) is 4.79 Å². The number of amides is 1. The maximum absolute atomic E-state index is 12.2. The van der Waals surface area contributed by atoms with Crippen LogP contribution in [0.2, 0.25) is 0 Å². The van der Waals surface area contributed by atoms with Crippen molar-refractivity contribution in [2.24, 2.45) is 0 Å². The van der Waals surface area contributed by atoms with E-state index in [1.807, 2.05) is 26.0 Å². The van der Waals surface area contributed by atoms with Crippen molar-refractivity contribution in [3.63, 3.8) is 0 Å². The molecular weight excluding hydrogens is 400 g/mol. The van der Waals surface area contributed by atoms with E-state index in [4.69, 9.17) is 19.5 Å². The quantitative estimate of drug-likeness (QED) is 0.696. The minimum atomic E-state index is -0.337. The normalized spacial score (nSPS) is 9.92. The van der Waals surface area contributed by atoms with Crippen molar-refractivity contribution in [1.82, 2.24) is 0 Å². The first kappa shape index (κ1) is 19.6. The summed E-state index contributed by atoms with van der Waals surface area (Å²) in [6.45, 7) is 4.39. The number of carbonyl (C=O) groups is 1. The third kappa shape index (κ3) is 5.14. The van der Waals surface area contributed by atoms with Crippen LogP contribution in [0.15, 0.2) is 40.9 Å². The molecule has 6 nitrogen and oxygen atoms in total. The molecule has 0 aliphatic carbocycles. The molecule has 0 saturated heterocycles. The zero-order valence-electron chi connectivity index (χ0n) is 14.5. The first-order valence-electron chi connectivity index (χ1n) is 8.09. The summed E-state index contributed by atoms with van der Waals surface area (Å²) in [7, 11) is 0. The SMILES string of the molecule is CCOc1ccccc1NC(=O)COc1c(Br)cc(C#N)cc1OCC. The van der Waals surface area contributed by atoms with Crippen molar-refractivity contribution in [2.75, 3.05) is 25.1 Å². The summed E-state index contributed by atoms with van der Waals surface area (Å²) < 4.78 is 17.2. The molecule has 0 spiro atoms. The zero-order chi connectivity index (χ0) is 18.9. The number of nitrogens with zero attached hydrogens (tertiary/aromatic N) is 1. The molecule has 0 aromatic heterocycles. The lowest BCUT2D eigenvalue weighted by Gasteiger charge is -2.15. The first-order chi connectivity index (χ1) is 12.6. The van der Waals surface area contributed by atoms with Crippen molar-refractivity contribution in [2.45, 2.75) is 13.8 Å². The summed E-state index contributed by atoms with van der Waals surface area (Å²) in [6, 6.07) is 12.4. The van der Waals surface area contributed by atoms with E-state index in [0.717, 1.165) is 0 Å². The number of hydrogen-bond acceptors (Lipinski definition) is 5. The predicted molar refractivity (Wildman–Crippen MR) is 102 cm³/mol. The Labute approximate surface area is 160 Å². The summed E-state index contributed by atoms with van der Waals surface area (Å²) in [5.74, 6) is 1.04. The summed E-state index contributed by atoms with van der Waals surface area (Å²) in [6.07, 6.45) is 0. The van der Waals surface area contributed by atoms with E-state index in [0.29, 0.717) is 46.2 Å². The van der Waals surface area contributed by atoms with Crippen LogP contribution in [0.1, 0.15) is 19.4 Å². The molecule has 136 valence electrons.